The van der Waals surface area contributed by atoms with Crippen molar-refractivity contribution in [3.8, 4) is 0 Å². The van der Waals surface area contributed by atoms with Gasteiger partial charge in [0.25, 0.3) is 0 Å². The molecule has 3 rings (SSSR count). The minimum Gasteiger partial charge on any atom is -0.356 e. The highest BCUT2D eigenvalue weighted by Crippen LogP contribution is 2.32. The Morgan fingerprint density at radius 3 is 2.78 bits per heavy atom. The van der Waals surface area contributed by atoms with Gasteiger partial charge in [0, 0.05) is 19.0 Å². The van der Waals surface area contributed by atoms with E-state index in [9.17, 15) is 4.79 Å². The van der Waals surface area contributed by atoms with Crippen LogP contribution in [0.2, 0.25) is 0 Å². The van der Waals surface area contributed by atoms with Crippen LogP contribution >= 0.6 is 0 Å². The number of carbonyl (C=O) groups excluding carboxylic acids is 1. The van der Waals surface area contributed by atoms with Crippen molar-refractivity contribution in [2.24, 2.45) is 5.92 Å². The van der Waals surface area contributed by atoms with Gasteiger partial charge in [-0.1, -0.05) is 18.5 Å². The van der Waals surface area contributed by atoms with Gasteiger partial charge in [0.05, 0.1) is 6.42 Å². The molecule has 1 aromatic rings. The molecule has 1 aliphatic heterocycles. The Bertz CT molecular complexity index is 504. The summed E-state index contributed by atoms with van der Waals surface area (Å²) in [5, 5.41) is 6.86. The van der Waals surface area contributed by atoms with Gasteiger partial charge in [-0.15, -0.1) is 0 Å². The molecule has 0 bridgehead atoms. The number of aromatic nitrogens is 2. The van der Waals surface area contributed by atoms with E-state index in [1.54, 1.807) is 0 Å². The van der Waals surface area contributed by atoms with E-state index in [1.807, 2.05) is 0 Å². The number of hydrogen-bond donors (Lipinski definition) is 1. The molecule has 1 saturated carbocycles. The molecule has 23 heavy (non-hydrogen) atoms. The lowest BCUT2D eigenvalue weighted by Gasteiger charge is -2.30. The second-order valence-corrected chi connectivity index (χ2v) is 6.95. The zero-order valence-corrected chi connectivity index (χ0v) is 14.1. The van der Waals surface area contributed by atoms with Gasteiger partial charge in [0.2, 0.25) is 11.8 Å². The number of hydrogen-bond acceptors (Lipinski definition) is 5. The van der Waals surface area contributed by atoms with Crippen LogP contribution in [0.1, 0.15) is 63.1 Å². The maximum Gasteiger partial charge on any atom is 0.229 e. The van der Waals surface area contributed by atoms with Crippen LogP contribution in [0.15, 0.2) is 4.52 Å². The third-order valence-corrected chi connectivity index (χ3v) is 4.81. The number of nitrogens with one attached hydrogen (secondary N) is 1. The van der Waals surface area contributed by atoms with Crippen LogP contribution in [-0.2, 0) is 11.2 Å². The Hall–Kier alpha value is -1.43. The Labute approximate surface area is 138 Å². The number of amides is 1. The molecule has 2 heterocycles. The Morgan fingerprint density at radius 1 is 1.30 bits per heavy atom. The van der Waals surface area contributed by atoms with Crippen molar-refractivity contribution in [3.05, 3.63) is 11.7 Å². The van der Waals surface area contributed by atoms with E-state index in [0.717, 1.165) is 51.2 Å². The molecule has 128 valence electrons. The first-order chi connectivity index (χ1) is 11.2. The third kappa shape index (κ3) is 5.03. The number of nitrogens with zero attached hydrogens (tertiary/aromatic N) is 3. The van der Waals surface area contributed by atoms with Crippen molar-refractivity contribution < 1.29 is 9.32 Å². The molecule has 2 aliphatic rings. The van der Waals surface area contributed by atoms with Crippen LogP contribution in [0.5, 0.6) is 0 Å². The topological polar surface area (TPSA) is 71.3 Å². The van der Waals surface area contributed by atoms with E-state index in [4.69, 9.17) is 4.52 Å². The van der Waals surface area contributed by atoms with Crippen LogP contribution in [0.25, 0.3) is 0 Å². The fourth-order valence-corrected chi connectivity index (χ4v) is 3.14. The van der Waals surface area contributed by atoms with Gasteiger partial charge in [0.15, 0.2) is 5.82 Å². The van der Waals surface area contributed by atoms with Crippen molar-refractivity contribution >= 4 is 5.91 Å². The summed E-state index contributed by atoms with van der Waals surface area (Å²) in [6.07, 6.45) is 7.27. The molecule has 6 nitrogen and oxygen atoms in total. The monoisotopic (exact) mass is 320 g/mol. The average Bonchev–Trinajstić information content (AvgIpc) is 3.24. The Morgan fingerprint density at radius 2 is 2.09 bits per heavy atom. The summed E-state index contributed by atoms with van der Waals surface area (Å²) >= 11 is 0. The molecule has 0 aromatic carbocycles. The predicted molar refractivity (Wildman–Crippen MR) is 87.1 cm³/mol. The smallest absolute Gasteiger partial charge is 0.229 e. The number of carbonyl (C=O) groups is 1. The minimum atomic E-state index is -0.0231. The van der Waals surface area contributed by atoms with Crippen LogP contribution < -0.4 is 5.32 Å². The standard InChI is InChI=1S/C17H28N4O2/c1-2-3-8-18-16(22)11-15-19-17(23-20-15)14-6-9-21(10-7-14)12-13-4-5-13/h13-14H,2-12H2,1H3,(H,18,22). The highest BCUT2D eigenvalue weighted by Gasteiger charge is 2.29. The predicted octanol–water partition coefficient (Wildman–Crippen LogP) is 2.12. The van der Waals surface area contributed by atoms with E-state index in [2.05, 4.69) is 27.3 Å². The largest absolute Gasteiger partial charge is 0.356 e. The summed E-state index contributed by atoms with van der Waals surface area (Å²) in [7, 11) is 0. The van der Waals surface area contributed by atoms with Crippen LogP contribution in [-0.4, -0.2) is 47.1 Å². The maximum absolute atomic E-state index is 11.8. The highest BCUT2D eigenvalue weighted by molar-refractivity contribution is 5.77. The van der Waals surface area contributed by atoms with Gasteiger partial charge in [-0.25, -0.2) is 0 Å². The van der Waals surface area contributed by atoms with Crippen molar-refractivity contribution in [3.63, 3.8) is 0 Å². The molecule has 2 fully saturated rings. The minimum absolute atomic E-state index is 0.0231. The molecular formula is C17H28N4O2. The molecule has 0 spiro atoms. The van der Waals surface area contributed by atoms with E-state index < -0.39 is 0 Å². The summed E-state index contributed by atoms with van der Waals surface area (Å²) in [5.41, 5.74) is 0. The average molecular weight is 320 g/mol. The fraction of sp³-hybridized carbons (Fsp3) is 0.824. The van der Waals surface area contributed by atoms with Crippen molar-refractivity contribution in [1.29, 1.82) is 0 Å². The molecular weight excluding hydrogens is 292 g/mol. The molecule has 1 aliphatic carbocycles. The van der Waals surface area contributed by atoms with Crippen molar-refractivity contribution in [2.45, 2.75) is 57.8 Å². The van der Waals surface area contributed by atoms with E-state index in [0.29, 0.717) is 17.6 Å². The lowest BCUT2D eigenvalue weighted by molar-refractivity contribution is -0.120. The van der Waals surface area contributed by atoms with Gasteiger partial charge < -0.3 is 14.7 Å². The number of piperidine rings is 1. The number of rotatable bonds is 8. The lowest BCUT2D eigenvalue weighted by atomic mass is 9.96. The third-order valence-electron chi connectivity index (χ3n) is 4.81. The normalized spacial score (nSPS) is 19.9. The summed E-state index contributed by atoms with van der Waals surface area (Å²) in [6.45, 7) is 6.33. The van der Waals surface area contributed by atoms with E-state index >= 15 is 0 Å². The Balaban J connectivity index is 1.42. The summed E-state index contributed by atoms with van der Waals surface area (Å²) in [5.74, 6) is 2.51. The molecule has 1 amide bonds. The molecule has 6 heteroatoms. The Kier molecular flexibility index (Phi) is 5.65. The van der Waals surface area contributed by atoms with Crippen molar-refractivity contribution in [1.82, 2.24) is 20.4 Å². The zero-order valence-electron chi connectivity index (χ0n) is 14.1. The second-order valence-electron chi connectivity index (χ2n) is 6.95. The van der Waals surface area contributed by atoms with E-state index in [-0.39, 0.29) is 12.3 Å². The van der Waals surface area contributed by atoms with Crippen LogP contribution in [0.4, 0.5) is 0 Å². The molecule has 0 atom stereocenters. The second kappa shape index (κ2) is 7.90. The molecule has 1 aromatic heterocycles. The van der Waals surface area contributed by atoms with Crippen molar-refractivity contribution in [2.75, 3.05) is 26.2 Å². The SMILES string of the molecule is CCCCNC(=O)Cc1noc(C2CCN(CC3CC3)CC2)n1. The summed E-state index contributed by atoms with van der Waals surface area (Å²) in [4.78, 5) is 18.8. The van der Waals surface area contributed by atoms with Crippen LogP contribution in [0.3, 0.4) is 0 Å². The van der Waals surface area contributed by atoms with Gasteiger partial charge in [0.1, 0.15) is 0 Å². The fourth-order valence-electron chi connectivity index (χ4n) is 3.14. The number of unbranched alkanes of at least 4 members (excludes halogenated alkanes) is 1. The lowest BCUT2D eigenvalue weighted by Crippen LogP contribution is -2.34. The number of likely N-dealkylation sites (tertiary alicyclic amines) is 1. The molecule has 0 unspecified atom stereocenters. The van der Waals surface area contributed by atoms with E-state index in [1.165, 1.54) is 19.4 Å². The van der Waals surface area contributed by atoms with Gasteiger partial charge in [-0.05, 0) is 51.1 Å². The molecule has 1 saturated heterocycles. The summed E-state index contributed by atoms with van der Waals surface area (Å²) < 4.78 is 5.40. The summed E-state index contributed by atoms with van der Waals surface area (Å²) in [6, 6.07) is 0. The quantitative estimate of drug-likeness (QED) is 0.743. The van der Waals surface area contributed by atoms with Crippen LogP contribution in [0, 0.1) is 5.92 Å². The first-order valence-corrected chi connectivity index (χ1v) is 9.06. The van der Waals surface area contributed by atoms with Gasteiger partial charge in [-0.3, -0.25) is 4.79 Å². The first kappa shape index (κ1) is 16.4. The molecule has 1 N–H and O–H groups in total. The molecule has 0 radical (unpaired) electrons. The first-order valence-electron chi connectivity index (χ1n) is 9.06. The van der Waals surface area contributed by atoms with Gasteiger partial charge in [-0.2, -0.15) is 4.98 Å². The zero-order chi connectivity index (χ0) is 16.1. The maximum atomic E-state index is 11.8. The highest BCUT2D eigenvalue weighted by atomic mass is 16.5. The van der Waals surface area contributed by atoms with Gasteiger partial charge >= 0.3 is 0 Å².